The molecule has 0 bridgehead atoms. The third-order valence-electron chi connectivity index (χ3n) is 4.95. The second kappa shape index (κ2) is 7.57. The van der Waals surface area contributed by atoms with Gasteiger partial charge < -0.3 is 5.11 Å². The number of hydrogen-bond donors (Lipinski definition) is 1. The summed E-state index contributed by atoms with van der Waals surface area (Å²) in [6, 6.07) is 26.1. The molecule has 0 aliphatic carbocycles. The van der Waals surface area contributed by atoms with Gasteiger partial charge in [-0.1, -0.05) is 84.1 Å². The molecule has 6 heteroatoms. The lowest BCUT2D eigenvalue weighted by Gasteiger charge is -2.22. The molecule has 0 saturated carbocycles. The van der Waals surface area contributed by atoms with E-state index in [0.717, 1.165) is 22.4 Å². The summed E-state index contributed by atoms with van der Waals surface area (Å²) in [5.41, 5.74) is 3.27. The van der Waals surface area contributed by atoms with Gasteiger partial charge >= 0.3 is 0 Å². The zero-order valence-electron chi connectivity index (χ0n) is 15.8. The van der Waals surface area contributed by atoms with Crippen LogP contribution >= 0.6 is 11.3 Å². The summed E-state index contributed by atoms with van der Waals surface area (Å²) in [5.74, 6) is 0.159. The number of thiazole rings is 1. The van der Waals surface area contributed by atoms with Gasteiger partial charge in [0.25, 0.3) is 5.56 Å². The number of phenols is 1. The first-order valence-electron chi connectivity index (χ1n) is 9.49. The van der Waals surface area contributed by atoms with E-state index in [-0.39, 0.29) is 17.4 Å². The van der Waals surface area contributed by atoms with E-state index >= 15 is 0 Å². The van der Waals surface area contributed by atoms with E-state index in [2.05, 4.69) is 10.2 Å². The molecule has 0 amide bonds. The van der Waals surface area contributed by atoms with E-state index in [1.165, 1.54) is 11.3 Å². The van der Waals surface area contributed by atoms with Gasteiger partial charge in [-0.15, -0.1) is 10.2 Å². The molecule has 30 heavy (non-hydrogen) atoms. The summed E-state index contributed by atoms with van der Waals surface area (Å²) in [6.45, 7) is 0. The molecular weight excluding hydrogens is 394 g/mol. The molecule has 5 nitrogen and oxygen atoms in total. The first-order valence-corrected chi connectivity index (χ1v) is 10.3. The molecule has 1 unspecified atom stereocenters. The number of benzene rings is 3. The molecule has 2 heterocycles. The standard InChI is InChI=1S/C24H17N3O2S/c28-19-13-7-8-16(14-19)15-20-23(29)27-22(18-11-5-2-6-12-18)21(25-26-24(27)30-20)17-9-3-1-4-10-17/h1-15,22,28H. The minimum atomic E-state index is -0.365. The highest BCUT2D eigenvalue weighted by Crippen LogP contribution is 2.24. The lowest BCUT2D eigenvalue weighted by molar-refractivity contribution is 0.475. The Hall–Kier alpha value is -3.77. The molecule has 0 spiro atoms. The van der Waals surface area contributed by atoms with E-state index in [4.69, 9.17) is 0 Å². The van der Waals surface area contributed by atoms with Crippen molar-refractivity contribution in [3.8, 4) is 5.75 Å². The Kier molecular flexibility index (Phi) is 4.61. The van der Waals surface area contributed by atoms with Crippen LogP contribution in [0.1, 0.15) is 22.7 Å². The smallest absolute Gasteiger partial charge is 0.271 e. The van der Waals surface area contributed by atoms with E-state index < -0.39 is 0 Å². The topological polar surface area (TPSA) is 66.9 Å². The molecule has 0 fully saturated rings. The number of hydrogen-bond acceptors (Lipinski definition) is 5. The minimum Gasteiger partial charge on any atom is -0.508 e. The van der Waals surface area contributed by atoms with Crippen molar-refractivity contribution in [2.45, 2.75) is 6.04 Å². The van der Waals surface area contributed by atoms with Crippen LogP contribution in [0.4, 0.5) is 0 Å². The molecule has 1 aromatic heterocycles. The molecule has 146 valence electrons. The zero-order chi connectivity index (χ0) is 20.5. The molecular formula is C24H17N3O2S. The van der Waals surface area contributed by atoms with Crippen LogP contribution in [0.2, 0.25) is 0 Å². The van der Waals surface area contributed by atoms with Gasteiger partial charge in [0.1, 0.15) is 11.8 Å². The van der Waals surface area contributed by atoms with Crippen molar-refractivity contribution >= 4 is 23.1 Å². The molecule has 1 aliphatic heterocycles. The Morgan fingerprint density at radius 1 is 0.900 bits per heavy atom. The lowest BCUT2D eigenvalue weighted by Crippen LogP contribution is -2.40. The third kappa shape index (κ3) is 3.27. The number of aromatic nitrogens is 1. The Morgan fingerprint density at radius 2 is 1.63 bits per heavy atom. The Morgan fingerprint density at radius 3 is 2.37 bits per heavy atom. The molecule has 1 N–H and O–H groups in total. The van der Waals surface area contributed by atoms with Crippen LogP contribution in [-0.2, 0) is 0 Å². The van der Waals surface area contributed by atoms with Gasteiger partial charge in [-0.3, -0.25) is 9.36 Å². The van der Waals surface area contributed by atoms with Crippen molar-refractivity contribution in [1.82, 2.24) is 4.57 Å². The van der Waals surface area contributed by atoms with Crippen LogP contribution in [0.3, 0.4) is 0 Å². The Bertz CT molecular complexity index is 1420. The monoisotopic (exact) mass is 411 g/mol. The van der Waals surface area contributed by atoms with Gasteiger partial charge in [0.2, 0.25) is 4.80 Å². The second-order valence-electron chi connectivity index (χ2n) is 6.93. The zero-order valence-corrected chi connectivity index (χ0v) is 16.7. The van der Waals surface area contributed by atoms with Gasteiger partial charge in [-0.05, 0) is 29.3 Å². The summed E-state index contributed by atoms with van der Waals surface area (Å²) in [6.07, 6.45) is 1.78. The van der Waals surface area contributed by atoms with Gasteiger partial charge in [-0.25, -0.2) is 0 Å². The highest BCUT2D eigenvalue weighted by atomic mass is 32.1. The summed E-state index contributed by atoms with van der Waals surface area (Å²) < 4.78 is 2.26. The number of rotatable bonds is 3. The number of aromatic hydroxyl groups is 1. The maximum atomic E-state index is 13.4. The predicted molar refractivity (Wildman–Crippen MR) is 119 cm³/mol. The predicted octanol–water partition coefficient (Wildman–Crippen LogP) is 3.07. The molecule has 0 saturated heterocycles. The normalized spacial score (nSPS) is 15.9. The number of nitrogens with zero attached hydrogens (tertiary/aromatic N) is 3. The third-order valence-corrected chi connectivity index (χ3v) is 5.92. The first-order chi connectivity index (χ1) is 14.7. The van der Waals surface area contributed by atoms with Crippen molar-refractivity contribution < 1.29 is 5.11 Å². The van der Waals surface area contributed by atoms with E-state index in [1.807, 2.05) is 66.7 Å². The quantitative estimate of drug-likeness (QED) is 0.563. The first kappa shape index (κ1) is 18.3. The van der Waals surface area contributed by atoms with Gasteiger partial charge in [0.15, 0.2) is 0 Å². The van der Waals surface area contributed by atoms with Crippen LogP contribution in [0.25, 0.3) is 6.08 Å². The maximum Gasteiger partial charge on any atom is 0.271 e. The summed E-state index contributed by atoms with van der Waals surface area (Å²) in [4.78, 5) is 14.0. The fourth-order valence-corrected chi connectivity index (χ4v) is 4.54. The van der Waals surface area contributed by atoms with Crippen molar-refractivity contribution in [3.05, 3.63) is 121 Å². The highest BCUT2D eigenvalue weighted by molar-refractivity contribution is 7.07. The maximum absolute atomic E-state index is 13.4. The van der Waals surface area contributed by atoms with Crippen LogP contribution in [-0.4, -0.2) is 15.4 Å². The number of phenolic OH excluding ortho intramolecular Hbond substituents is 1. The lowest BCUT2D eigenvalue weighted by atomic mass is 9.96. The van der Waals surface area contributed by atoms with E-state index in [1.54, 1.807) is 28.8 Å². The van der Waals surface area contributed by atoms with Crippen molar-refractivity contribution in [2.75, 3.05) is 0 Å². The molecule has 4 aromatic rings. The molecule has 3 aromatic carbocycles. The number of fused-ring (bicyclic) bond motifs is 1. The summed E-state index contributed by atoms with van der Waals surface area (Å²) >= 11 is 1.30. The molecule has 0 radical (unpaired) electrons. The highest BCUT2D eigenvalue weighted by Gasteiger charge is 2.28. The Balaban J connectivity index is 1.73. The van der Waals surface area contributed by atoms with Crippen LogP contribution in [0.5, 0.6) is 5.75 Å². The van der Waals surface area contributed by atoms with E-state index in [0.29, 0.717) is 9.33 Å². The fraction of sp³-hybridized carbons (Fsp3) is 0.0417. The Labute approximate surface area is 176 Å². The van der Waals surface area contributed by atoms with Crippen LogP contribution < -0.4 is 14.9 Å². The fourth-order valence-electron chi connectivity index (χ4n) is 3.59. The summed E-state index contributed by atoms with van der Waals surface area (Å²) in [5, 5.41) is 18.6. The molecule has 1 atom stereocenters. The van der Waals surface area contributed by atoms with Gasteiger partial charge in [0.05, 0.1) is 10.2 Å². The van der Waals surface area contributed by atoms with E-state index in [9.17, 15) is 9.90 Å². The minimum absolute atomic E-state index is 0.126. The summed E-state index contributed by atoms with van der Waals surface area (Å²) in [7, 11) is 0. The van der Waals surface area contributed by atoms with Crippen molar-refractivity contribution in [1.29, 1.82) is 0 Å². The van der Waals surface area contributed by atoms with Crippen molar-refractivity contribution in [3.63, 3.8) is 0 Å². The van der Waals surface area contributed by atoms with Gasteiger partial charge in [0, 0.05) is 5.56 Å². The van der Waals surface area contributed by atoms with Gasteiger partial charge in [-0.2, -0.15) is 0 Å². The average Bonchev–Trinajstić information content (AvgIpc) is 3.10. The molecule has 5 rings (SSSR count). The van der Waals surface area contributed by atoms with Crippen molar-refractivity contribution in [2.24, 2.45) is 10.2 Å². The second-order valence-corrected chi connectivity index (χ2v) is 7.94. The largest absolute Gasteiger partial charge is 0.508 e. The SMILES string of the molecule is O=c1c(=Cc2cccc(O)c2)sc2n1C(c1ccccc1)C(c1ccccc1)=NN=2. The van der Waals surface area contributed by atoms with Crippen LogP contribution in [0, 0.1) is 0 Å². The average molecular weight is 411 g/mol. The molecule has 1 aliphatic rings. The van der Waals surface area contributed by atoms with Crippen LogP contribution in [0.15, 0.2) is 99.9 Å².